The fourth-order valence-corrected chi connectivity index (χ4v) is 4.85. The summed E-state index contributed by atoms with van der Waals surface area (Å²) in [6.45, 7) is 8.66. The maximum absolute atomic E-state index is 13.3. The first-order chi connectivity index (χ1) is 15.2. The molecule has 10 heteroatoms. The molecule has 1 aliphatic carbocycles. The number of nitrogens with zero attached hydrogens (tertiary/aromatic N) is 1. The van der Waals surface area contributed by atoms with Crippen molar-refractivity contribution in [2.75, 3.05) is 39.9 Å². The fourth-order valence-electron chi connectivity index (χ4n) is 4.68. The Balaban J connectivity index is 1.61. The van der Waals surface area contributed by atoms with E-state index in [1.54, 1.807) is 14.0 Å². The quantitative estimate of drug-likeness (QED) is 0.528. The zero-order valence-corrected chi connectivity index (χ0v) is 19.9. The molecule has 2 amide bonds. The number of likely N-dealkylation sites (tertiary alicyclic amines) is 1. The van der Waals surface area contributed by atoms with E-state index in [1.807, 2.05) is 13.8 Å². The summed E-state index contributed by atoms with van der Waals surface area (Å²) in [5.41, 5.74) is 0.431. The molecular formula is C22H33ClN4O5. The molecule has 9 nitrogen and oxygen atoms in total. The summed E-state index contributed by atoms with van der Waals surface area (Å²) in [5.74, 6) is 0.0461. The van der Waals surface area contributed by atoms with Crippen LogP contribution in [0.5, 0.6) is 0 Å². The van der Waals surface area contributed by atoms with Crippen LogP contribution in [0.1, 0.15) is 33.6 Å². The van der Waals surface area contributed by atoms with Crippen LogP contribution >= 0.6 is 11.6 Å². The first kappa shape index (κ1) is 24.5. The Morgan fingerprint density at radius 1 is 1.41 bits per heavy atom. The van der Waals surface area contributed by atoms with E-state index in [1.165, 1.54) is 6.26 Å². The maximum Gasteiger partial charge on any atom is 0.407 e. The molecular weight excluding hydrogens is 436 g/mol. The number of ether oxygens (including phenoxy) is 3. The smallest absolute Gasteiger partial charge is 0.407 e. The number of alkyl carbamates (subject to hydrolysis) is 1. The van der Waals surface area contributed by atoms with Gasteiger partial charge in [0.2, 0.25) is 0 Å². The number of hydrogen-bond acceptors (Lipinski definition) is 7. The van der Waals surface area contributed by atoms with Crippen LogP contribution in [0.3, 0.4) is 0 Å². The largest absolute Gasteiger partial charge is 0.467 e. The number of hydrogen-bond donors (Lipinski definition) is 3. The van der Waals surface area contributed by atoms with Gasteiger partial charge < -0.3 is 30.3 Å². The number of fused-ring (bicyclic) bond motifs is 1. The molecule has 3 unspecified atom stereocenters. The molecule has 3 aliphatic rings. The molecule has 0 radical (unpaired) electrons. The first-order valence-corrected chi connectivity index (χ1v) is 11.4. The van der Waals surface area contributed by atoms with Crippen molar-refractivity contribution in [1.82, 2.24) is 15.5 Å². The van der Waals surface area contributed by atoms with Crippen molar-refractivity contribution in [3.8, 4) is 0 Å². The van der Waals surface area contributed by atoms with Crippen LogP contribution < -0.4 is 10.6 Å². The van der Waals surface area contributed by atoms with Gasteiger partial charge in [0.1, 0.15) is 12.0 Å². The lowest BCUT2D eigenvalue weighted by Gasteiger charge is -2.38. The molecule has 0 bridgehead atoms. The topological polar surface area (TPSA) is 113 Å². The second-order valence-electron chi connectivity index (χ2n) is 8.97. The Bertz CT molecular complexity index is 825. The molecule has 178 valence electrons. The van der Waals surface area contributed by atoms with E-state index in [4.69, 9.17) is 31.2 Å². The van der Waals surface area contributed by atoms with Gasteiger partial charge in [0.15, 0.2) is 0 Å². The zero-order valence-electron chi connectivity index (χ0n) is 19.1. The monoisotopic (exact) mass is 468 g/mol. The summed E-state index contributed by atoms with van der Waals surface area (Å²) < 4.78 is 16.2. The molecule has 0 saturated carbocycles. The minimum absolute atomic E-state index is 0.146. The highest BCUT2D eigenvalue weighted by molar-refractivity contribution is 6.43. The molecule has 32 heavy (non-hydrogen) atoms. The van der Waals surface area contributed by atoms with Gasteiger partial charge in [-0.2, -0.15) is 0 Å². The SMILES string of the molecule is CCOC(=O)NCCN1CCC(NC(=O)C2=C3OC=C(Cl)C(=N)C3CC2(C)C)C(OC)C1. The van der Waals surface area contributed by atoms with Crippen LogP contribution in [0.25, 0.3) is 0 Å². The van der Waals surface area contributed by atoms with Crippen molar-refractivity contribution in [3.63, 3.8) is 0 Å². The van der Waals surface area contributed by atoms with Gasteiger partial charge in [-0.05, 0) is 25.2 Å². The van der Waals surface area contributed by atoms with E-state index in [0.717, 1.165) is 13.0 Å². The Hall–Kier alpha value is -2.10. The van der Waals surface area contributed by atoms with Gasteiger partial charge in [0.25, 0.3) is 5.91 Å². The van der Waals surface area contributed by atoms with E-state index in [-0.39, 0.29) is 29.0 Å². The van der Waals surface area contributed by atoms with E-state index < -0.39 is 11.5 Å². The molecule has 3 atom stereocenters. The lowest BCUT2D eigenvalue weighted by Crippen LogP contribution is -2.56. The standard InChI is InChI=1S/C22H33ClN4O5/c1-5-31-21(29)25-7-9-27-8-6-15(16(11-27)30-4)26-20(28)17-19-13(10-22(17,2)3)18(24)14(23)12-32-19/h12-13,15-16,24H,5-11H2,1-4H3,(H,25,29)(H,26,28). The number of allylic oxidation sites excluding steroid dienone is 2. The van der Waals surface area contributed by atoms with Crippen molar-refractivity contribution in [2.45, 2.75) is 45.8 Å². The molecule has 0 aromatic carbocycles. The van der Waals surface area contributed by atoms with Gasteiger partial charge in [-0.3, -0.25) is 9.69 Å². The Morgan fingerprint density at radius 3 is 2.84 bits per heavy atom. The van der Waals surface area contributed by atoms with Gasteiger partial charge in [-0.25, -0.2) is 4.79 Å². The van der Waals surface area contributed by atoms with Gasteiger partial charge in [-0.1, -0.05) is 25.4 Å². The Labute approximate surface area is 194 Å². The minimum Gasteiger partial charge on any atom is -0.467 e. The summed E-state index contributed by atoms with van der Waals surface area (Å²) in [6, 6.07) is -0.146. The van der Waals surface area contributed by atoms with Crippen molar-refractivity contribution in [3.05, 3.63) is 22.6 Å². The van der Waals surface area contributed by atoms with Gasteiger partial charge >= 0.3 is 6.09 Å². The van der Waals surface area contributed by atoms with Gasteiger partial charge in [0.05, 0.1) is 41.0 Å². The van der Waals surface area contributed by atoms with E-state index >= 15 is 0 Å². The van der Waals surface area contributed by atoms with Crippen molar-refractivity contribution in [2.24, 2.45) is 11.3 Å². The second kappa shape index (κ2) is 10.2. The summed E-state index contributed by atoms with van der Waals surface area (Å²) in [5, 5.41) is 14.4. The van der Waals surface area contributed by atoms with Crippen LogP contribution in [-0.2, 0) is 19.0 Å². The maximum atomic E-state index is 13.3. The summed E-state index contributed by atoms with van der Waals surface area (Å²) in [4.78, 5) is 26.9. The minimum atomic E-state index is -0.437. The number of carbonyl (C=O) groups excluding carboxylic acids is 2. The number of rotatable bonds is 7. The highest BCUT2D eigenvalue weighted by atomic mass is 35.5. The van der Waals surface area contributed by atoms with Crippen LogP contribution in [-0.4, -0.2) is 74.7 Å². The summed E-state index contributed by atoms with van der Waals surface area (Å²) in [7, 11) is 1.64. The lowest BCUT2D eigenvalue weighted by atomic mass is 9.83. The third-order valence-electron chi connectivity index (χ3n) is 6.31. The molecule has 1 saturated heterocycles. The molecule has 0 aromatic heterocycles. The van der Waals surface area contributed by atoms with E-state index in [9.17, 15) is 9.59 Å². The van der Waals surface area contributed by atoms with Crippen molar-refractivity contribution >= 4 is 29.3 Å². The highest BCUT2D eigenvalue weighted by Gasteiger charge is 2.48. The molecule has 0 aromatic rings. The number of methoxy groups -OCH3 is 1. The predicted octanol–water partition coefficient (Wildman–Crippen LogP) is 2.37. The van der Waals surface area contributed by atoms with Gasteiger partial charge in [-0.15, -0.1) is 0 Å². The molecule has 0 spiro atoms. The number of nitrogens with one attached hydrogen (secondary N) is 3. The normalized spacial score (nSPS) is 27.3. The molecule has 1 fully saturated rings. The number of carbonyl (C=O) groups is 2. The third kappa shape index (κ3) is 5.27. The number of piperidine rings is 1. The average molecular weight is 469 g/mol. The predicted molar refractivity (Wildman–Crippen MR) is 120 cm³/mol. The second-order valence-corrected chi connectivity index (χ2v) is 9.37. The zero-order chi connectivity index (χ0) is 23.5. The van der Waals surface area contributed by atoms with Crippen molar-refractivity contribution < 1.29 is 23.8 Å². The van der Waals surface area contributed by atoms with Crippen molar-refractivity contribution in [1.29, 1.82) is 5.41 Å². The molecule has 3 rings (SSSR count). The Kier molecular flexibility index (Phi) is 7.84. The molecule has 2 heterocycles. The molecule has 2 aliphatic heterocycles. The number of amides is 2. The van der Waals surface area contributed by atoms with Crippen LogP contribution in [0.4, 0.5) is 4.79 Å². The van der Waals surface area contributed by atoms with E-state index in [2.05, 4.69) is 15.5 Å². The fraction of sp³-hybridized carbons (Fsp3) is 0.682. The van der Waals surface area contributed by atoms with Gasteiger partial charge in [0, 0.05) is 33.3 Å². The van der Waals surface area contributed by atoms with Crippen LogP contribution in [0, 0.1) is 16.7 Å². The average Bonchev–Trinajstić information content (AvgIpc) is 3.02. The van der Waals surface area contributed by atoms with Crippen LogP contribution in [0.15, 0.2) is 22.6 Å². The van der Waals surface area contributed by atoms with Crippen LogP contribution in [0.2, 0.25) is 0 Å². The van der Waals surface area contributed by atoms with E-state index in [0.29, 0.717) is 49.7 Å². The first-order valence-electron chi connectivity index (χ1n) is 11.0. The number of halogens is 1. The highest BCUT2D eigenvalue weighted by Crippen LogP contribution is 2.49. The third-order valence-corrected chi connectivity index (χ3v) is 6.60. The summed E-state index contributed by atoms with van der Waals surface area (Å²) in [6.07, 6.45) is 2.07. The summed E-state index contributed by atoms with van der Waals surface area (Å²) >= 11 is 6.07. The molecule has 3 N–H and O–H groups in total. The lowest BCUT2D eigenvalue weighted by molar-refractivity contribution is -0.121. The Morgan fingerprint density at radius 2 is 2.16 bits per heavy atom.